The number of nitrogens with one attached hydrogen (secondary N) is 1. The van der Waals surface area contributed by atoms with E-state index in [1.165, 1.54) is 22.7 Å². The molecule has 0 saturated heterocycles. The highest BCUT2D eigenvalue weighted by molar-refractivity contribution is 7.13. The molecule has 1 atom stereocenters. The van der Waals surface area contributed by atoms with E-state index in [-0.39, 0.29) is 5.91 Å². The molecular weight excluding hydrogens is 484 g/mol. The second-order valence-corrected chi connectivity index (χ2v) is 9.73. The van der Waals surface area contributed by atoms with Crippen LogP contribution in [0.4, 0.5) is 17.3 Å². The number of hydrogen-bond acceptors (Lipinski definition) is 10. The highest BCUT2D eigenvalue weighted by atomic mass is 32.1. The number of H-pyrrole nitrogens is 1. The van der Waals surface area contributed by atoms with Crippen molar-refractivity contribution in [2.24, 2.45) is 7.05 Å². The van der Waals surface area contributed by atoms with E-state index in [9.17, 15) is 4.79 Å². The summed E-state index contributed by atoms with van der Waals surface area (Å²) in [6.45, 7) is 1.98. The first-order valence-electron chi connectivity index (χ1n) is 10.9. The van der Waals surface area contributed by atoms with E-state index in [1.54, 1.807) is 35.2 Å². The van der Waals surface area contributed by atoms with Crippen LogP contribution >= 0.6 is 22.7 Å². The van der Waals surface area contributed by atoms with E-state index in [0.717, 1.165) is 15.7 Å². The van der Waals surface area contributed by atoms with Crippen molar-refractivity contribution in [3.8, 4) is 32.8 Å². The van der Waals surface area contributed by atoms with E-state index >= 15 is 0 Å². The molecule has 5 aromatic rings. The van der Waals surface area contributed by atoms with Crippen LogP contribution in [0.15, 0.2) is 41.6 Å². The maximum absolute atomic E-state index is 13.2. The quantitative estimate of drug-likeness (QED) is 0.384. The Bertz CT molecular complexity index is 1450. The molecular formula is C22H20N10OS2. The van der Waals surface area contributed by atoms with Gasteiger partial charge in [-0.3, -0.25) is 19.5 Å². The van der Waals surface area contributed by atoms with Gasteiger partial charge < -0.3 is 4.90 Å². The lowest BCUT2D eigenvalue weighted by Gasteiger charge is -2.39. The molecule has 0 spiro atoms. The van der Waals surface area contributed by atoms with Crippen molar-refractivity contribution in [1.29, 1.82) is 0 Å². The van der Waals surface area contributed by atoms with E-state index in [4.69, 9.17) is 4.98 Å². The second kappa shape index (κ2) is 8.36. The molecule has 13 heteroatoms. The summed E-state index contributed by atoms with van der Waals surface area (Å²) in [4.78, 5) is 35.3. The van der Waals surface area contributed by atoms with Gasteiger partial charge in [0.25, 0.3) is 0 Å². The van der Waals surface area contributed by atoms with Crippen molar-refractivity contribution >= 4 is 45.9 Å². The average Bonchev–Trinajstić information content (AvgIpc) is 3.67. The monoisotopic (exact) mass is 504 g/mol. The molecule has 0 saturated carbocycles. The molecule has 5 aromatic heterocycles. The summed E-state index contributed by atoms with van der Waals surface area (Å²) in [5, 5.41) is 17.6. The van der Waals surface area contributed by atoms with Crippen LogP contribution in [0.5, 0.6) is 0 Å². The van der Waals surface area contributed by atoms with Crippen molar-refractivity contribution in [3.63, 3.8) is 0 Å². The fraction of sp³-hybridized carbons (Fsp3) is 0.227. The molecule has 0 fully saturated rings. The maximum Gasteiger partial charge on any atom is 0.250 e. The van der Waals surface area contributed by atoms with Crippen LogP contribution < -0.4 is 9.80 Å². The number of aromatic nitrogens is 8. The number of amides is 1. The Kier molecular flexibility index (Phi) is 5.15. The summed E-state index contributed by atoms with van der Waals surface area (Å²) in [5.41, 5.74) is 2.71. The molecule has 1 aliphatic heterocycles. The van der Waals surface area contributed by atoms with Crippen LogP contribution in [0.1, 0.15) is 13.3 Å². The third-order valence-electron chi connectivity index (χ3n) is 5.87. The first-order valence-corrected chi connectivity index (χ1v) is 12.6. The summed E-state index contributed by atoms with van der Waals surface area (Å²) in [6.07, 6.45) is 7.62. The van der Waals surface area contributed by atoms with Crippen LogP contribution in [0, 0.1) is 0 Å². The predicted octanol–water partition coefficient (Wildman–Crippen LogP) is 3.74. The molecule has 0 aromatic carbocycles. The fourth-order valence-corrected chi connectivity index (χ4v) is 5.48. The Morgan fingerprint density at radius 1 is 1.09 bits per heavy atom. The molecule has 1 aliphatic rings. The summed E-state index contributed by atoms with van der Waals surface area (Å²) in [6, 6.07) is 1.44. The zero-order valence-corrected chi connectivity index (χ0v) is 20.7. The molecule has 6 rings (SSSR count). The average molecular weight is 505 g/mol. The summed E-state index contributed by atoms with van der Waals surface area (Å²) in [7, 11) is 3.60. The number of aryl methyl sites for hydroxylation is 1. The molecule has 0 aliphatic carbocycles. The van der Waals surface area contributed by atoms with Crippen molar-refractivity contribution in [2.45, 2.75) is 19.4 Å². The van der Waals surface area contributed by atoms with Gasteiger partial charge in [-0.2, -0.15) is 10.2 Å². The molecule has 0 radical (unpaired) electrons. The number of carbonyl (C=O) groups excluding carboxylic acids is 1. The van der Waals surface area contributed by atoms with Crippen molar-refractivity contribution in [3.05, 3.63) is 41.6 Å². The van der Waals surface area contributed by atoms with Crippen molar-refractivity contribution in [2.75, 3.05) is 16.8 Å². The number of hydrogen-bond donors (Lipinski definition) is 1. The SMILES string of the molecule is CCC1C(=O)N(C)c2cnc(-c3c(-c4nccs4)n[nH]c3-c3nccs3)nc2N1c1ccn(C)n1. The Morgan fingerprint density at radius 3 is 2.51 bits per heavy atom. The number of nitrogens with zero attached hydrogens (tertiary/aromatic N) is 9. The van der Waals surface area contributed by atoms with Crippen LogP contribution in [-0.4, -0.2) is 58.9 Å². The van der Waals surface area contributed by atoms with Crippen LogP contribution in [-0.2, 0) is 11.8 Å². The van der Waals surface area contributed by atoms with Crippen LogP contribution in [0.2, 0.25) is 0 Å². The van der Waals surface area contributed by atoms with Gasteiger partial charge in [0.1, 0.15) is 33.1 Å². The first-order chi connectivity index (χ1) is 17.1. The molecule has 1 unspecified atom stereocenters. The van der Waals surface area contributed by atoms with Gasteiger partial charge in [-0.1, -0.05) is 6.92 Å². The van der Waals surface area contributed by atoms with Gasteiger partial charge in [-0.05, 0) is 6.42 Å². The normalized spacial score (nSPS) is 15.6. The number of fused-ring (bicyclic) bond motifs is 1. The standard InChI is InChI=1S/C22H20N10OS2/c1-4-12-22(33)31(3)13-11-25-18(26-19(13)32(12)14-5-8-30(2)29-14)15-16(20-23-6-9-34-20)27-28-17(15)21-24-7-10-35-21/h5-12H,4H2,1-3H3,(H,27,28). The third-order valence-corrected chi connectivity index (χ3v) is 7.44. The third kappa shape index (κ3) is 3.42. The minimum absolute atomic E-state index is 0.0303. The second-order valence-electron chi connectivity index (χ2n) is 7.94. The molecule has 1 amide bonds. The Hall–Kier alpha value is -3.97. The highest BCUT2D eigenvalue weighted by Crippen LogP contribution is 2.43. The number of rotatable bonds is 5. The van der Waals surface area contributed by atoms with E-state index in [2.05, 4.69) is 30.2 Å². The first kappa shape index (κ1) is 21.6. The van der Waals surface area contributed by atoms with Crippen LogP contribution in [0.3, 0.4) is 0 Å². The molecule has 11 nitrogen and oxygen atoms in total. The van der Waals surface area contributed by atoms with Crippen LogP contribution in [0.25, 0.3) is 32.8 Å². The van der Waals surface area contributed by atoms with Gasteiger partial charge in [-0.25, -0.2) is 19.9 Å². The number of anilines is 3. The van der Waals surface area contributed by atoms with Crippen molar-refractivity contribution < 1.29 is 4.79 Å². The van der Waals surface area contributed by atoms with E-state index < -0.39 is 6.04 Å². The molecule has 0 bridgehead atoms. The lowest BCUT2D eigenvalue weighted by Crippen LogP contribution is -2.50. The molecule has 35 heavy (non-hydrogen) atoms. The predicted molar refractivity (Wildman–Crippen MR) is 135 cm³/mol. The summed E-state index contributed by atoms with van der Waals surface area (Å²) >= 11 is 2.98. The van der Waals surface area contributed by atoms with E-state index in [1.807, 2.05) is 41.9 Å². The Labute approximate surface area is 208 Å². The zero-order valence-electron chi connectivity index (χ0n) is 19.1. The van der Waals surface area contributed by atoms with Gasteiger partial charge in [-0.15, -0.1) is 22.7 Å². The largest absolute Gasteiger partial charge is 0.309 e. The molecule has 1 N–H and O–H groups in total. The topological polar surface area (TPSA) is 122 Å². The lowest BCUT2D eigenvalue weighted by atomic mass is 10.1. The number of likely N-dealkylation sites (N-methyl/N-ethyl adjacent to an activating group) is 1. The maximum atomic E-state index is 13.2. The Balaban J connectivity index is 1.59. The molecule has 6 heterocycles. The summed E-state index contributed by atoms with van der Waals surface area (Å²) in [5.74, 6) is 1.70. The minimum Gasteiger partial charge on any atom is -0.309 e. The lowest BCUT2D eigenvalue weighted by molar-refractivity contribution is -0.119. The summed E-state index contributed by atoms with van der Waals surface area (Å²) < 4.78 is 1.71. The van der Waals surface area contributed by atoms with Gasteiger partial charge in [0.05, 0.1) is 11.8 Å². The zero-order chi connectivity index (χ0) is 24.1. The minimum atomic E-state index is -0.439. The number of carbonyl (C=O) groups is 1. The van der Waals surface area contributed by atoms with Crippen molar-refractivity contribution in [1.82, 2.24) is 39.9 Å². The van der Waals surface area contributed by atoms with Gasteiger partial charge >= 0.3 is 0 Å². The molecule has 176 valence electrons. The number of thiazole rings is 2. The Morgan fingerprint density at radius 2 is 1.86 bits per heavy atom. The fourth-order valence-electron chi connectivity index (χ4n) is 4.21. The highest BCUT2D eigenvalue weighted by Gasteiger charge is 2.39. The van der Waals surface area contributed by atoms with Gasteiger partial charge in [0, 0.05) is 49.5 Å². The van der Waals surface area contributed by atoms with Gasteiger partial charge in [0.15, 0.2) is 17.5 Å². The number of aromatic amines is 1. The smallest absolute Gasteiger partial charge is 0.250 e. The van der Waals surface area contributed by atoms with E-state index in [0.29, 0.717) is 40.8 Å². The van der Waals surface area contributed by atoms with Gasteiger partial charge in [0.2, 0.25) is 5.91 Å².